The maximum absolute atomic E-state index is 13.4. The molecule has 0 aromatic carbocycles. The van der Waals surface area contributed by atoms with Crippen molar-refractivity contribution in [1.82, 2.24) is 5.32 Å². The molecule has 2 aliphatic heterocycles. The summed E-state index contributed by atoms with van der Waals surface area (Å²) >= 11 is 0. The fourth-order valence-corrected chi connectivity index (χ4v) is 12.9. The molecule has 2 fully saturated rings. The van der Waals surface area contributed by atoms with E-state index >= 15 is 0 Å². The average Bonchev–Trinajstić information content (AvgIpc) is 1.93. The van der Waals surface area contributed by atoms with Gasteiger partial charge in [-0.25, -0.2) is 0 Å². The first kappa shape index (κ1) is 82.8. The Morgan fingerprint density at radius 1 is 0.398 bits per heavy atom. The van der Waals surface area contributed by atoms with E-state index < -0.39 is 86.8 Å². The Morgan fingerprint density at radius 2 is 0.716 bits per heavy atom. The van der Waals surface area contributed by atoms with Gasteiger partial charge < -0.3 is 65.1 Å². The summed E-state index contributed by atoms with van der Waals surface area (Å²) < 4.78 is 23.0. The van der Waals surface area contributed by atoms with Crippen LogP contribution < -0.4 is 5.32 Å². The second kappa shape index (κ2) is 59.5. The number of aliphatic hydroxyl groups excluding tert-OH is 8. The third kappa shape index (κ3) is 42.9. The van der Waals surface area contributed by atoms with Crippen molar-refractivity contribution in [3.05, 3.63) is 12.2 Å². The van der Waals surface area contributed by atoms with E-state index in [1.54, 1.807) is 0 Å². The molecule has 14 heteroatoms. The number of carbonyl (C=O) groups excluding carboxylic acids is 1. The van der Waals surface area contributed by atoms with Gasteiger partial charge in [0.25, 0.3) is 0 Å². The number of hydrogen-bond donors (Lipinski definition) is 9. The van der Waals surface area contributed by atoms with Crippen LogP contribution in [-0.4, -0.2) is 140 Å². The minimum absolute atomic E-state index is 0.198. The Balaban J connectivity index is 1.63. The summed E-state index contributed by atoms with van der Waals surface area (Å²) in [5.74, 6) is -0.198. The van der Waals surface area contributed by atoms with Crippen molar-refractivity contribution >= 4 is 5.91 Å². The quantitative estimate of drug-likeness (QED) is 0.0204. The van der Waals surface area contributed by atoms with Crippen LogP contribution in [-0.2, 0) is 23.7 Å². The number of rotatable bonds is 64. The van der Waals surface area contributed by atoms with Gasteiger partial charge in [-0.1, -0.05) is 328 Å². The molecule has 14 nitrogen and oxygen atoms in total. The first-order chi connectivity index (χ1) is 43.1. The summed E-state index contributed by atoms with van der Waals surface area (Å²) in [5.41, 5.74) is 0. The predicted molar refractivity (Wildman–Crippen MR) is 360 cm³/mol. The Bertz CT molecular complexity index is 1520. The van der Waals surface area contributed by atoms with E-state index in [1.165, 1.54) is 283 Å². The van der Waals surface area contributed by atoms with Gasteiger partial charge in [-0.3, -0.25) is 4.79 Å². The summed E-state index contributed by atoms with van der Waals surface area (Å²) in [7, 11) is 0. The lowest BCUT2D eigenvalue weighted by Crippen LogP contribution is -2.65. The molecule has 9 N–H and O–H groups in total. The van der Waals surface area contributed by atoms with E-state index in [2.05, 4.69) is 31.3 Å². The second-order valence-corrected chi connectivity index (χ2v) is 27.1. The third-order valence-electron chi connectivity index (χ3n) is 19.0. The third-order valence-corrected chi connectivity index (χ3v) is 19.0. The van der Waals surface area contributed by atoms with Crippen LogP contribution in [0.15, 0.2) is 12.2 Å². The standard InChI is InChI=1S/C74H143NO13/c1-3-5-7-9-11-13-15-17-19-21-23-25-27-29-31-33-35-37-39-41-43-45-47-49-51-53-55-57-63(78)62(61-85-73-71(84)69(82)72(65(60-77)87-73)88-74-70(83)68(81)67(80)64(59-76)86-74)75-66(79)58-56-54-52-50-48-46-44-42-40-38-36-34-32-30-28-26-24-22-20-18-16-14-12-10-8-6-4-2/h22,24,62-65,67-74,76-78,80-84H,3-21,23,25-61H2,1-2H3,(H,75,79)/b24-22-. The van der Waals surface area contributed by atoms with Crippen LogP contribution >= 0.6 is 0 Å². The van der Waals surface area contributed by atoms with Crippen LogP contribution in [0, 0.1) is 0 Å². The molecule has 1 amide bonds. The summed E-state index contributed by atoms with van der Waals surface area (Å²) in [6.07, 6.45) is 56.7. The number of carbonyl (C=O) groups is 1. The van der Waals surface area contributed by atoms with E-state index in [0.717, 1.165) is 51.4 Å². The highest BCUT2D eigenvalue weighted by atomic mass is 16.7. The molecule has 2 heterocycles. The minimum atomic E-state index is -1.78. The molecule has 0 aromatic rings. The molecule has 0 bridgehead atoms. The van der Waals surface area contributed by atoms with Crippen molar-refractivity contribution < 1.29 is 64.6 Å². The lowest BCUT2D eigenvalue weighted by molar-refractivity contribution is -0.359. The molecular weight excluding hydrogens is 1110 g/mol. The first-order valence-electron chi connectivity index (χ1n) is 37.9. The highest BCUT2D eigenvalue weighted by Crippen LogP contribution is 2.30. The van der Waals surface area contributed by atoms with Crippen molar-refractivity contribution in [2.45, 2.75) is 434 Å². The summed E-state index contributed by atoms with van der Waals surface area (Å²) in [6, 6.07) is -0.827. The highest BCUT2D eigenvalue weighted by molar-refractivity contribution is 5.76. The summed E-state index contributed by atoms with van der Waals surface area (Å²) in [5, 5.41) is 87.8. The van der Waals surface area contributed by atoms with Gasteiger partial charge in [-0.05, 0) is 38.5 Å². The molecule has 2 aliphatic rings. The van der Waals surface area contributed by atoms with Crippen molar-refractivity contribution in [2.24, 2.45) is 0 Å². The largest absolute Gasteiger partial charge is 0.394 e. The van der Waals surface area contributed by atoms with Gasteiger partial charge in [0.2, 0.25) is 5.91 Å². The van der Waals surface area contributed by atoms with Crippen molar-refractivity contribution in [1.29, 1.82) is 0 Å². The van der Waals surface area contributed by atoms with E-state index in [-0.39, 0.29) is 12.5 Å². The maximum atomic E-state index is 13.4. The van der Waals surface area contributed by atoms with Crippen LogP contribution in [0.3, 0.4) is 0 Å². The normalized spacial score (nSPS) is 23.1. The molecule has 0 spiro atoms. The molecule has 0 aromatic heterocycles. The van der Waals surface area contributed by atoms with Gasteiger partial charge in [0.15, 0.2) is 12.6 Å². The van der Waals surface area contributed by atoms with Crippen LogP contribution in [0.25, 0.3) is 0 Å². The minimum Gasteiger partial charge on any atom is -0.394 e. The zero-order valence-electron chi connectivity index (χ0n) is 57.0. The average molecular weight is 1250 g/mol. The SMILES string of the molecule is CCCCCCCCCC/C=C\CCCCCCCCCCCCCCCCCC(=O)NC(COC1OC(CO)C(OC2OC(CO)C(O)C(O)C2O)C(O)C1O)C(O)CCCCCCCCCCCCCCCCCCCCCCCCCCCCC. The zero-order valence-corrected chi connectivity index (χ0v) is 57.0. The number of hydrogen-bond acceptors (Lipinski definition) is 13. The molecular formula is C74H143NO13. The number of aliphatic hydroxyl groups is 8. The Morgan fingerprint density at radius 3 is 1.08 bits per heavy atom. The number of ether oxygens (including phenoxy) is 4. The smallest absolute Gasteiger partial charge is 0.220 e. The van der Waals surface area contributed by atoms with Gasteiger partial charge >= 0.3 is 0 Å². The number of nitrogens with one attached hydrogen (secondary N) is 1. The van der Waals surface area contributed by atoms with Gasteiger partial charge in [0.1, 0.15) is 48.8 Å². The Hall–Kier alpha value is -1.27. The fraction of sp³-hybridized carbons (Fsp3) is 0.959. The zero-order chi connectivity index (χ0) is 63.8. The number of amides is 1. The lowest BCUT2D eigenvalue weighted by atomic mass is 9.97. The molecule has 0 aliphatic carbocycles. The van der Waals surface area contributed by atoms with Crippen LogP contribution in [0.1, 0.15) is 361 Å². The predicted octanol–water partition coefficient (Wildman–Crippen LogP) is 16.1. The molecule has 0 saturated carbocycles. The molecule has 2 rings (SSSR count). The van der Waals surface area contributed by atoms with Gasteiger partial charge in [-0.2, -0.15) is 0 Å². The van der Waals surface area contributed by atoms with Gasteiger partial charge in [-0.15, -0.1) is 0 Å². The van der Waals surface area contributed by atoms with Crippen molar-refractivity contribution in [3.8, 4) is 0 Å². The lowest BCUT2D eigenvalue weighted by Gasteiger charge is -2.46. The second-order valence-electron chi connectivity index (χ2n) is 27.1. The fourth-order valence-electron chi connectivity index (χ4n) is 12.9. The monoisotopic (exact) mass is 1250 g/mol. The van der Waals surface area contributed by atoms with Crippen LogP contribution in [0.2, 0.25) is 0 Å². The summed E-state index contributed by atoms with van der Waals surface area (Å²) in [6.45, 7) is 2.93. The first-order valence-corrected chi connectivity index (χ1v) is 37.9. The molecule has 522 valence electrons. The molecule has 2 saturated heterocycles. The molecule has 12 atom stereocenters. The topological polar surface area (TPSA) is 228 Å². The number of allylic oxidation sites excluding steroid dienone is 2. The van der Waals surface area contributed by atoms with Crippen LogP contribution in [0.4, 0.5) is 0 Å². The summed E-state index contributed by atoms with van der Waals surface area (Å²) in [4.78, 5) is 13.4. The highest BCUT2D eigenvalue weighted by Gasteiger charge is 2.51. The van der Waals surface area contributed by atoms with E-state index in [1.807, 2.05) is 0 Å². The van der Waals surface area contributed by atoms with Crippen LogP contribution in [0.5, 0.6) is 0 Å². The molecule has 88 heavy (non-hydrogen) atoms. The maximum Gasteiger partial charge on any atom is 0.220 e. The van der Waals surface area contributed by atoms with Crippen molar-refractivity contribution in [3.63, 3.8) is 0 Å². The van der Waals surface area contributed by atoms with Gasteiger partial charge in [0.05, 0.1) is 32.0 Å². The number of unbranched alkanes of at least 4 members (excludes halogenated alkanes) is 49. The Kier molecular flexibility index (Phi) is 56.0. The van der Waals surface area contributed by atoms with Gasteiger partial charge in [0, 0.05) is 6.42 Å². The van der Waals surface area contributed by atoms with E-state index in [9.17, 15) is 45.6 Å². The van der Waals surface area contributed by atoms with E-state index in [0.29, 0.717) is 12.8 Å². The molecule has 0 radical (unpaired) electrons. The Labute approximate surface area is 539 Å². The van der Waals surface area contributed by atoms with E-state index in [4.69, 9.17) is 18.9 Å². The molecule has 12 unspecified atom stereocenters. The van der Waals surface area contributed by atoms with Crippen molar-refractivity contribution in [2.75, 3.05) is 19.8 Å².